The summed E-state index contributed by atoms with van der Waals surface area (Å²) >= 11 is 0. The summed E-state index contributed by atoms with van der Waals surface area (Å²) in [4.78, 5) is 12.7. The molecule has 0 spiro atoms. The van der Waals surface area contributed by atoms with Gasteiger partial charge in [0, 0.05) is 25.4 Å². The Labute approximate surface area is 176 Å². The van der Waals surface area contributed by atoms with Crippen LogP contribution in [0, 0.1) is 13.8 Å². The average Bonchev–Trinajstić information content (AvgIpc) is 2.71. The van der Waals surface area contributed by atoms with Crippen LogP contribution in [0.3, 0.4) is 0 Å². The van der Waals surface area contributed by atoms with Crippen LogP contribution in [0.2, 0.25) is 0 Å². The number of rotatable bonds is 9. The summed E-state index contributed by atoms with van der Waals surface area (Å²) in [5.74, 6) is 2.48. The second-order valence-electron chi connectivity index (χ2n) is 6.59. The molecular weight excluding hydrogens is 404 g/mol. The predicted molar refractivity (Wildman–Crippen MR) is 116 cm³/mol. The molecule has 0 atom stereocenters. The minimum absolute atomic E-state index is 0.194. The van der Waals surface area contributed by atoms with E-state index in [9.17, 15) is 8.42 Å². The molecule has 2 heterocycles. The van der Waals surface area contributed by atoms with Crippen LogP contribution >= 0.6 is 0 Å². The number of sulfonamides is 1. The van der Waals surface area contributed by atoms with Crippen molar-refractivity contribution in [2.24, 2.45) is 0 Å². The number of anilines is 3. The van der Waals surface area contributed by atoms with Gasteiger partial charge in [-0.25, -0.2) is 28.1 Å². The fourth-order valence-electron chi connectivity index (χ4n) is 2.74. The topological polar surface area (TPSA) is 118 Å². The van der Waals surface area contributed by atoms with Crippen molar-refractivity contribution < 1.29 is 13.2 Å². The third kappa shape index (κ3) is 5.65. The Hall–Kier alpha value is -3.24. The normalized spacial score (nSPS) is 11.2. The SMILES string of the molecule is COc1ccc(S(=O)(=O)NCCNc2cc(Nc3cc(C)ccn3)ncn2)cc1C. The van der Waals surface area contributed by atoms with Crippen molar-refractivity contribution >= 4 is 27.5 Å². The highest BCUT2D eigenvalue weighted by Crippen LogP contribution is 2.21. The molecular formula is C20H24N6O3S. The Morgan fingerprint density at radius 1 is 0.933 bits per heavy atom. The maximum absolute atomic E-state index is 12.5. The lowest BCUT2D eigenvalue weighted by atomic mass is 10.2. The molecule has 3 N–H and O–H groups in total. The van der Waals surface area contributed by atoms with Gasteiger partial charge in [0.25, 0.3) is 0 Å². The summed E-state index contributed by atoms with van der Waals surface area (Å²) < 4.78 is 32.7. The number of methoxy groups -OCH3 is 1. The van der Waals surface area contributed by atoms with Gasteiger partial charge in [0.15, 0.2) is 0 Å². The van der Waals surface area contributed by atoms with Crippen molar-refractivity contribution in [1.82, 2.24) is 19.7 Å². The van der Waals surface area contributed by atoms with Gasteiger partial charge in [-0.15, -0.1) is 0 Å². The van der Waals surface area contributed by atoms with E-state index >= 15 is 0 Å². The van der Waals surface area contributed by atoms with E-state index in [2.05, 4.69) is 30.3 Å². The summed E-state index contributed by atoms with van der Waals surface area (Å²) in [6, 6.07) is 10.3. The van der Waals surface area contributed by atoms with Crippen molar-refractivity contribution in [1.29, 1.82) is 0 Å². The number of aryl methyl sites for hydroxylation is 2. The Bertz CT molecular complexity index is 1120. The summed E-state index contributed by atoms with van der Waals surface area (Å²) in [7, 11) is -2.07. The van der Waals surface area contributed by atoms with E-state index in [1.54, 1.807) is 38.4 Å². The molecule has 10 heteroatoms. The molecule has 0 aliphatic rings. The maximum Gasteiger partial charge on any atom is 0.240 e. The van der Waals surface area contributed by atoms with E-state index in [1.165, 1.54) is 12.4 Å². The summed E-state index contributed by atoms with van der Waals surface area (Å²) in [6.45, 7) is 4.33. The molecule has 158 valence electrons. The van der Waals surface area contributed by atoms with Crippen LogP contribution in [-0.2, 0) is 10.0 Å². The molecule has 3 rings (SSSR count). The molecule has 0 saturated heterocycles. The minimum Gasteiger partial charge on any atom is -0.496 e. The number of ether oxygens (including phenoxy) is 1. The van der Waals surface area contributed by atoms with Crippen molar-refractivity contribution in [2.45, 2.75) is 18.7 Å². The Morgan fingerprint density at radius 2 is 1.70 bits per heavy atom. The fourth-order valence-corrected chi connectivity index (χ4v) is 3.85. The van der Waals surface area contributed by atoms with Crippen LogP contribution in [0.1, 0.15) is 11.1 Å². The Balaban J connectivity index is 1.54. The Kier molecular flexibility index (Phi) is 6.80. The smallest absolute Gasteiger partial charge is 0.240 e. The fraction of sp³-hybridized carbons (Fsp3) is 0.250. The summed E-state index contributed by atoms with van der Waals surface area (Å²) in [5.41, 5.74) is 1.84. The number of hydrogen-bond donors (Lipinski definition) is 3. The summed E-state index contributed by atoms with van der Waals surface area (Å²) in [6.07, 6.45) is 3.14. The van der Waals surface area contributed by atoms with Gasteiger partial charge in [-0.2, -0.15) is 0 Å². The quantitative estimate of drug-likeness (QED) is 0.445. The maximum atomic E-state index is 12.5. The first-order valence-corrected chi connectivity index (χ1v) is 10.8. The highest BCUT2D eigenvalue weighted by molar-refractivity contribution is 7.89. The van der Waals surface area contributed by atoms with E-state index < -0.39 is 10.0 Å². The largest absolute Gasteiger partial charge is 0.496 e. The van der Waals surface area contributed by atoms with E-state index in [1.807, 2.05) is 19.1 Å². The third-order valence-corrected chi connectivity index (χ3v) is 5.70. The van der Waals surface area contributed by atoms with Crippen LogP contribution in [0.4, 0.5) is 17.5 Å². The molecule has 9 nitrogen and oxygen atoms in total. The molecule has 2 aromatic heterocycles. The van der Waals surface area contributed by atoms with Crippen molar-refractivity contribution in [3.8, 4) is 5.75 Å². The van der Waals surface area contributed by atoms with E-state index in [-0.39, 0.29) is 11.4 Å². The van der Waals surface area contributed by atoms with Crippen molar-refractivity contribution in [3.05, 3.63) is 60.0 Å². The second-order valence-corrected chi connectivity index (χ2v) is 8.35. The van der Waals surface area contributed by atoms with Gasteiger partial charge >= 0.3 is 0 Å². The molecule has 0 fully saturated rings. The van der Waals surface area contributed by atoms with Gasteiger partial charge in [0.05, 0.1) is 12.0 Å². The van der Waals surface area contributed by atoms with Gasteiger partial charge in [0.1, 0.15) is 29.5 Å². The molecule has 3 aromatic rings. The first-order valence-electron chi connectivity index (χ1n) is 9.27. The van der Waals surface area contributed by atoms with E-state index in [4.69, 9.17) is 4.74 Å². The number of pyridine rings is 1. The van der Waals surface area contributed by atoms with Gasteiger partial charge in [-0.1, -0.05) is 0 Å². The highest BCUT2D eigenvalue weighted by Gasteiger charge is 2.14. The minimum atomic E-state index is -3.61. The lowest BCUT2D eigenvalue weighted by molar-refractivity contribution is 0.411. The average molecular weight is 429 g/mol. The number of nitrogens with zero attached hydrogens (tertiary/aromatic N) is 3. The van der Waals surface area contributed by atoms with Gasteiger partial charge in [-0.3, -0.25) is 0 Å². The Morgan fingerprint density at radius 3 is 2.43 bits per heavy atom. The van der Waals surface area contributed by atoms with Crippen LogP contribution < -0.4 is 20.1 Å². The predicted octanol–water partition coefficient (Wildman–Crippen LogP) is 2.63. The molecule has 0 amide bonds. The molecule has 0 radical (unpaired) electrons. The molecule has 0 bridgehead atoms. The van der Waals surface area contributed by atoms with E-state index in [0.29, 0.717) is 29.7 Å². The standard InChI is InChI=1S/C20H24N6O3S/c1-14-6-7-21-19(10-14)26-20-12-18(23-13-24-20)22-8-9-25-30(27,28)16-4-5-17(29-3)15(2)11-16/h4-7,10-13,25H,8-9H2,1-3H3,(H2,21,22,23,24,26). The van der Waals surface area contributed by atoms with Crippen LogP contribution in [0.15, 0.2) is 53.8 Å². The number of benzene rings is 1. The van der Waals surface area contributed by atoms with Gasteiger partial charge < -0.3 is 15.4 Å². The lowest BCUT2D eigenvalue weighted by Crippen LogP contribution is -2.29. The van der Waals surface area contributed by atoms with Crippen LogP contribution in [-0.4, -0.2) is 43.6 Å². The first kappa shape index (κ1) is 21.5. The molecule has 30 heavy (non-hydrogen) atoms. The second kappa shape index (κ2) is 9.51. The monoisotopic (exact) mass is 428 g/mol. The van der Waals surface area contributed by atoms with Gasteiger partial charge in [0.2, 0.25) is 10.0 Å². The summed E-state index contributed by atoms with van der Waals surface area (Å²) in [5, 5.41) is 6.19. The number of aromatic nitrogens is 3. The molecule has 0 unspecified atom stereocenters. The lowest BCUT2D eigenvalue weighted by Gasteiger charge is -2.11. The van der Waals surface area contributed by atoms with Crippen LogP contribution in [0.5, 0.6) is 5.75 Å². The highest BCUT2D eigenvalue weighted by atomic mass is 32.2. The number of hydrogen-bond acceptors (Lipinski definition) is 8. The van der Waals surface area contributed by atoms with E-state index in [0.717, 1.165) is 11.1 Å². The molecule has 0 saturated carbocycles. The van der Waals surface area contributed by atoms with Crippen molar-refractivity contribution in [2.75, 3.05) is 30.8 Å². The first-order chi connectivity index (χ1) is 14.4. The zero-order valence-electron chi connectivity index (χ0n) is 17.0. The third-order valence-electron chi connectivity index (χ3n) is 4.24. The number of nitrogens with one attached hydrogen (secondary N) is 3. The van der Waals surface area contributed by atoms with Gasteiger partial charge in [-0.05, 0) is 55.3 Å². The van der Waals surface area contributed by atoms with Crippen molar-refractivity contribution in [3.63, 3.8) is 0 Å². The molecule has 0 aliphatic heterocycles. The van der Waals surface area contributed by atoms with Crippen LogP contribution in [0.25, 0.3) is 0 Å². The zero-order chi connectivity index (χ0) is 21.6. The molecule has 0 aliphatic carbocycles. The zero-order valence-corrected chi connectivity index (χ0v) is 17.8. The molecule has 1 aromatic carbocycles.